The molecule has 4 rings (SSSR count). The molecule has 0 saturated carbocycles. The van der Waals surface area contributed by atoms with Crippen LogP contribution in [0.5, 0.6) is 0 Å². The van der Waals surface area contributed by atoms with Gasteiger partial charge < -0.3 is 20.0 Å². The lowest BCUT2D eigenvalue weighted by atomic mass is 9.97. The molecule has 0 spiro atoms. The number of carbonyl (C=O) groups excluding carboxylic acids is 1. The Bertz CT molecular complexity index is 1070. The van der Waals surface area contributed by atoms with Crippen molar-refractivity contribution in [1.82, 2.24) is 4.90 Å². The maximum absolute atomic E-state index is 12.4. The van der Waals surface area contributed by atoms with Crippen molar-refractivity contribution in [3.8, 4) is 6.07 Å². The summed E-state index contributed by atoms with van der Waals surface area (Å²) in [5, 5.41) is 23.9. The molecule has 1 atom stereocenters. The lowest BCUT2D eigenvalue weighted by Gasteiger charge is -2.29. The second kappa shape index (κ2) is 12.0. The normalized spacial score (nSPS) is 18.0. The maximum atomic E-state index is 12.4. The van der Waals surface area contributed by atoms with Crippen molar-refractivity contribution in [3.05, 3.63) is 65.2 Å². The van der Waals surface area contributed by atoms with Gasteiger partial charge in [0.15, 0.2) is 0 Å². The first-order valence-corrected chi connectivity index (χ1v) is 11.5. The van der Waals surface area contributed by atoms with Crippen molar-refractivity contribution < 1.29 is 24.6 Å². The Kier molecular flexibility index (Phi) is 8.77. The molecular formula is C26H29N3O5. The van der Waals surface area contributed by atoms with Crippen LogP contribution in [0, 0.1) is 11.3 Å². The van der Waals surface area contributed by atoms with E-state index < -0.39 is 11.9 Å². The summed E-state index contributed by atoms with van der Waals surface area (Å²) in [6.45, 7) is 3.98. The summed E-state index contributed by atoms with van der Waals surface area (Å²) in [4.78, 5) is 35.0. The molecule has 2 saturated heterocycles. The van der Waals surface area contributed by atoms with Crippen LogP contribution >= 0.6 is 0 Å². The van der Waals surface area contributed by atoms with Crippen LogP contribution in [0.2, 0.25) is 0 Å². The lowest BCUT2D eigenvalue weighted by Crippen LogP contribution is -2.36. The summed E-state index contributed by atoms with van der Waals surface area (Å²) < 4.78 is 0. The molecule has 34 heavy (non-hydrogen) atoms. The highest BCUT2D eigenvalue weighted by molar-refractivity contribution is 6.27. The number of aliphatic carboxylic acids is 2. The molecule has 0 radical (unpaired) electrons. The van der Waals surface area contributed by atoms with E-state index in [9.17, 15) is 4.79 Å². The number of para-hydroxylation sites is 1. The number of carboxylic acids is 2. The monoisotopic (exact) mass is 463 g/mol. The molecule has 0 bridgehead atoms. The van der Waals surface area contributed by atoms with Crippen molar-refractivity contribution in [2.24, 2.45) is 0 Å². The van der Waals surface area contributed by atoms with E-state index in [2.05, 4.69) is 35.2 Å². The summed E-state index contributed by atoms with van der Waals surface area (Å²) in [5.41, 5.74) is 4.40. The highest BCUT2D eigenvalue weighted by Crippen LogP contribution is 2.29. The van der Waals surface area contributed by atoms with Gasteiger partial charge in [-0.3, -0.25) is 4.79 Å². The van der Waals surface area contributed by atoms with Gasteiger partial charge in [-0.15, -0.1) is 0 Å². The number of amides is 1. The van der Waals surface area contributed by atoms with Crippen LogP contribution in [0.1, 0.15) is 48.3 Å². The predicted octanol–water partition coefficient (Wildman–Crippen LogP) is 3.26. The minimum absolute atomic E-state index is 0.261. The number of rotatable bonds is 5. The van der Waals surface area contributed by atoms with Gasteiger partial charge >= 0.3 is 11.9 Å². The Morgan fingerprint density at radius 1 is 1.03 bits per heavy atom. The molecule has 2 fully saturated rings. The Morgan fingerprint density at radius 3 is 2.50 bits per heavy atom. The molecule has 8 heteroatoms. The molecule has 1 amide bonds. The fraction of sp³-hybridized carbons (Fsp3) is 0.385. The minimum Gasteiger partial charge on any atom is -0.473 e. The van der Waals surface area contributed by atoms with E-state index in [4.69, 9.17) is 25.1 Å². The molecule has 2 aliphatic heterocycles. The van der Waals surface area contributed by atoms with Gasteiger partial charge in [0.05, 0.1) is 11.6 Å². The highest BCUT2D eigenvalue weighted by atomic mass is 16.4. The zero-order valence-corrected chi connectivity index (χ0v) is 19.0. The zero-order valence-electron chi connectivity index (χ0n) is 19.0. The first kappa shape index (κ1) is 24.9. The van der Waals surface area contributed by atoms with Gasteiger partial charge in [-0.1, -0.05) is 30.3 Å². The second-order valence-electron chi connectivity index (χ2n) is 8.51. The standard InChI is InChI=1S/C24H27N3O.C2H2O4/c25-17-19-6-5-8-21(16-19)22-12-15-26(18-22)14-11-20-7-1-2-9-23(20)27-13-4-3-10-24(27)28;3-1(4)2(5)6/h1-2,5-9,16,22H,3-4,10-15,18H2;(H,3,4)(H,5,6). The fourth-order valence-electron chi connectivity index (χ4n) is 4.49. The highest BCUT2D eigenvalue weighted by Gasteiger charge is 2.25. The molecule has 2 aromatic rings. The molecule has 8 nitrogen and oxygen atoms in total. The molecule has 2 heterocycles. The van der Waals surface area contributed by atoms with Gasteiger partial charge in [0.1, 0.15) is 0 Å². The van der Waals surface area contributed by atoms with Crippen molar-refractivity contribution >= 4 is 23.5 Å². The van der Waals surface area contributed by atoms with Crippen molar-refractivity contribution in [1.29, 1.82) is 5.26 Å². The van der Waals surface area contributed by atoms with Crippen molar-refractivity contribution in [2.75, 3.05) is 31.1 Å². The van der Waals surface area contributed by atoms with E-state index in [-0.39, 0.29) is 5.91 Å². The van der Waals surface area contributed by atoms with Gasteiger partial charge in [0, 0.05) is 31.7 Å². The summed E-state index contributed by atoms with van der Waals surface area (Å²) in [6, 6.07) is 18.7. The Hall–Kier alpha value is -3.70. The summed E-state index contributed by atoms with van der Waals surface area (Å²) in [6.07, 6.45) is 4.88. The van der Waals surface area contributed by atoms with Gasteiger partial charge in [0.2, 0.25) is 5.91 Å². The molecule has 178 valence electrons. The van der Waals surface area contributed by atoms with Crippen LogP contribution in [0.15, 0.2) is 48.5 Å². The molecule has 1 unspecified atom stereocenters. The van der Waals surface area contributed by atoms with Gasteiger partial charge in [-0.05, 0) is 67.5 Å². The summed E-state index contributed by atoms with van der Waals surface area (Å²) >= 11 is 0. The number of anilines is 1. The first-order chi connectivity index (χ1) is 16.4. The van der Waals surface area contributed by atoms with Crippen molar-refractivity contribution in [2.45, 2.75) is 38.0 Å². The Labute approximate surface area is 199 Å². The predicted molar refractivity (Wildman–Crippen MR) is 127 cm³/mol. The number of benzene rings is 2. The van der Waals surface area contributed by atoms with E-state index in [0.29, 0.717) is 12.3 Å². The van der Waals surface area contributed by atoms with Crippen LogP contribution in [0.3, 0.4) is 0 Å². The van der Waals surface area contributed by atoms with Crippen LogP contribution in [-0.4, -0.2) is 59.1 Å². The molecule has 0 aliphatic carbocycles. The second-order valence-corrected chi connectivity index (χ2v) is 8.51. The molecule has 2 N–H and O–H groups in total. The third-order valence-electron chi connectivity index (χ3n) is 6.25. The van der Waals surface area contributed by atoms with Gasteiger partial charge in [0.25, 0.3) is 0 Å². The number of hydrogen-bond acceptors (Lipinski definition) is 5. The molecule has 0 aromatic heterocycles. The SMILES string of the molecule is N#Cc1cccc(C2CCN(CCc3ccccc3N3CCCCC3=O)C2)c1.O=C(O)C(=O)O. The van der Waals surface area contributed by atoms with E-state index in [1.807, 2.05) is 29.2 Å². The number of likely N-dealkylation sites (tertiary alicyclic amines) is 1. The largest absolute Gasteiger partial charge is 0.473 e. The minimum atomic E-state index is -1.82. The topological polar surface area (TPSA) is 122 Å². The van der Waals surface area contributed by atoms with Crippen molar-refractivity contribution in [3.63, 3.8) is 0 Å². The van der Waals surface area contributed by atoms with Gasteiger partial charge in [-0.2, -0.15) is 5.26 Å². The average molecular weight is 464 g/mol. The summed E-state index contributed by atoms with van der Waals surface area (Å²) in [7, 11) is 0. The molecule has 2 aliphatic rings. The first-order valence-electron chi connectivity index (χ1n) is 11.5. The Balaban J connectivity index is 0.000000481. The quantitative estimate of drug-likeness (QED) is 0.653. The fourth-order valence-corrected chi connectivity index (χ4v) is 4.49. The Morgan fingerprint density at radius 2 is 1.79 bits per heavy atom. The van der Waals surface area contributed by atoms with Gasteiger partial charge in [-0.25, -0.2) is 9.59 Å². The van der Waals surface area contributed by atoms with Crippen LogP contribution in [0.25, 0.3) is 0 Å². The average Bonchev–Trinajstić information content (AvgIpc) is 3.33. The lowest BCUT2D eigenvalue weighted by molar-refractivity contribution is -0.159. The van der Waals surface area contributed by atoms with E-state index in [1.54, 1.807) is 0 Å². The van der Waals surface area contributed by atoms with E-state index in [0.717, 1.165) is 63.1 Å². The number of nitrogens with zero attached hydrogens (tertiary/aromatic N) is 3. The maximum Gasteiger partial charge on any atom is 0.414 e. The number of piperidine rings is 1. The summed E-state index contributed by atoms with van der Waals surface area (Å²) in [5.74, 6) is -2.88. The third kappa shape index (κ3) is 6.65. The van der Waals surface area contributed by atoms with Crippen LogP contribution < -0.4 is 4.90 Å². The third-order valence-corrected chi connectivity index (χ3v) is 6.25. The number of hydrogen-bond donors (Lipinski definition) is 2. The smallest absolute Gasteiger partial charge is 0.414 e. The zero-order chi connectivity index (χ0) is 24.5. The van der Waals surface area contributed by atoms with E-state index >= 15 is 0 Å². The van der Waals surface area contributed by atoms with Crippen LogP contribution in [-0.2, 0) is 20.8 Å². The molecule has 2 aromatic carbocycles. The molecular weight excluding hydrogens is 434 g/mol. The number of carbonyl (C=O) groups is 3. The number of carboxylic acid groups (broad SMARTS) is 2. The van der Waals surface area contributed by atoms with E-state index in [1.165, 1.54) is 11.1 Å². The van der Waals surface area contributed by atoms with Crippen LogP contribution in [0.4, 0.5) is 5.69 Å². The number of nitriles is 1.